The Morgan fingerprint density at radius 3 is 1.80 bits per heavy atom. The third kappa shape index (κ3) is 9.55. The molecule has 4 heteroatoms. The van der Waals surface area contributed by atoms with Crippen LogP contribution >= 0.6 is 0 Å². The quantitative estimate of drug-likeness (QED) is 0.173. The first kappa shape index (κ1) is 28.8. The summed E-state index contributed by atoms with van der Waals surface area (Å²) in [5.41, 5.74) is 7.48. The minimum atomic E-state index is -0.945. The van der Waals surface area contributed by atoms with Crippen LogP contribution in [0.15, 0.2) is 109 Å². The van der Waals surface area contributed by atoms with Gasteiger partial charge in [-0.05, 0) is 84.2 Å². The summed E-state index contributed by atoms with van der Waals surface area (Å²) >= 11 is 0. The van der Waals surface area contributed by atoms with Gasteiger partial charge in [0.05, 0.1) is 0 Å². The summed E-state index contributed by atoms with van der Waals surface area (Å²) in [7, 11) is 0. The Bertz CT molecular complexity index is 1280. The van der Waals surface area contributed by atoms with Crippen molar-refractivity contribution in [2.24, 2.45) is 0 Å². The molecule has 4 nitrogen and oxygen atoms in total. The second kappa shape index (κ2) is 15.4. The van der Waals surface area contributed by atoms with Crippen molar-refractivity contribution in [1.29, 1.82) is 0 Å². The molecule has 1 atom stereocenters. The van der Waals surface area contributed by atoms with Crippen molar-refractivity contribution in [2.75, 3.05) is 13.2 Å². The first-order chi connectivity index (χ1) is 19.6. The van der Waals surface area contributed by atoms with Crippen LogP contribution in [0.5, 0.6) is 5.75 Å². The van der Waals surface area contributed by atoms with Crippen molar-refractivity contribution in [3.05, 3.63) is 143 Å². The zero-order chi connectivity index (χ0) is 28.0. The lowest BCUT2D eigenvalue weighted by molar-refractivity contribution is -0.149. The van der Waals surface area contributed by atoms with Gasteiger partial charge in [-0.25, -0.2) is 4.79 Å². The third-order valence-electron chi connectivity index (χ3n) is 6.81. The minimum Gasteiger partial charge on any atom is -0.490 e. The summed E-state index contributed by atoms with van der Waals surface area (Å²) in [6.45, 7) is 2.62. The zero-order valence-corrected chi connectivity index (χ0v) is 23.2. The number of ether oxygens (including phenoxy) is 2. The number of aryl methyl sites for hydroxylation is 4. The van der Waals surface area contributed by atoms with E-state index in [1.54, 1.807) is 6.92 Å². The van der Waals surface area contributed by atoms with Crippen LogP contribution in [0.4, 0.5) is 0 Å². The molecule has 0 aromatic heterocycles. The summed E-state index contributed by atoms with van der Waals surface area (Å²) in [4.78, 5) is 11.3. The first-order valence-electron chi connectivity index (χ1n) is 14.0. The van der Waals surface area contributed by atoms with Gasteiger partial charge in [-0.3, -0.25) is 0 Å². The maximum Gasteiger partial charge on any atom is 0.333 e. The highest BCUT2D eigenvalue weighted by Crippen LogP contribution is 2.18. The lowest BCUT2D eigenvalue weighted by atomic mass is 9.96. The third-order valence-corrected chi connectivity index (χ3v) is 6.81. The number of carboxylic acid groups (broad SMARTS) is 1. The van der Waals surface area contributed by atoms with E-state index in [9.17, 15) is 9.90 Å². The van der Waals surface area contributed by atoms with E-state index in [0.29, 0.717) is 19.6 Å². The number of benzene rings is 4. The van der Waals surface area contributed by atoms with E-state index in [2.05, 4.69) is 84.9 Å². The number of hydrogen-bond acceptors (Lipinski definition) is 3. The average molecular weight is 535 g/mol. The van der Waals surface area contributed by atoms with Crippen LogP contribution in [0, 0.1) is 0 Å². The molecule has 0 saturated heterocycles. The van der Waals surface area contributed by atoms with Gasteiger partial charge in [0.25, 0.3) is 0 Å². The molecule has 4 aromatic carbocycles. The Kier molecular flexibility index (Phi) is 11.1. The van der Waals surface area contributed by atoms with Crippen LogP contribution in [-0.2, 0) is 41.6 Å². The fraction of sp³-hybridized carbons (Fsp3) is 0.250. The van der Waals surface area contributed by atoms with Gasteiger partial charge in [-0.1, -0.05) is 97.1 Å². The number of hydrogen-bond donors (Lipinski definition) is 1. The fourth-order valence-electron chi connectivity index (χ4n) is 4.73. The lowest BCUT2D eigenvalue weighted by Gasteiger charge is -2.12. The molecular weight excluding hydrogens is 496 g/mol. The van der Waals surface area contributed by atoms with Gasteiger partial charge in [0.15, 0.2) is 6.10 Å². The highest BCUT2D eigenvalue weighted by molar-refractivity contribution is 5.72. The molecule has 0 aliphatic heterocycles. The van der Waals surface area contributed by atoms with E-state index in [1.165, 1.54) is 27.8 Å². The molecule has 206 valence electrons. The number of carbonyl (C=O) groups is 1. The number of aliphatic carboxylic acids is 1. The number of rotatable bonds is 15. The summed E-state index contributed by atoms with van der Waals surface area (Å²) in [6.07, 6.45) is 7.70. The molecule has 0 unspecified atom stereocenters. The Hall–Kier alpha value is -4.15. The van der Waals surface area contributed by atoms with Crippen LogP contribution in [0.3, 0.4) is 0 Å². The maximum absolute atomic E-state index is 11.3. The van der Waals surface area contributed by atoms with E-state index in [0.717, 1.165) is 37.0 Å². The van der Waals surface area contributed by atoms with Gasteiger partial charge in [0.1, 0.15) is 12.4 Å². The van der Waals surface area contributed by atoms with Crippen molar-refractivity contribution in [2.45, 2.75) is 45.1 Å². The molecule has 0 fully saturated rings. The van der Waals surface area contributed by atoms with Crippen LogP contribution in [0.25, 0.3) is 6.08 Å². The molecule has 0 amide bonds. The van der Waals surface area contributed by atoms with E-state index >= 15 is 0 Å². The van der Waals surface area contributed by atoms with Crippen molar-refractivity contribution >= 4 is 12.0 Å². The average Bonchev–Trinajstić information content (AvgIpc) is 2.99. The molecule has 0 aliphatic carbocycles. The zero-order valence-electron chi connectivity index (χ0n) is 23.2. The van der Waals surface area contributed by atoms with Gasteiger partial charge < -0.3 is 14.6 Å². The standard InChI is InChI=1S/C36H38O4/c1-2-39-35(36(37)38)27-30-19-21-34(22-20-30)40-23-9-14-31-24-32(17-15-28-10-5-3-6-11-28)26-33(25-31)18-16-29-12-7-4-8-13-29/h3-14,19-22,24-26,35H,2,15-18,23,27H2,1H3,(H,37,38)/b14-9+/t35-/m0/s1. The van der Waals surface area contributed by atoms with Crippen LogP contribution in [-0.4, -0.2) is 30.4 Å². The van der Waals surface area contributed by atoms with Gasteiger partial charge in [-0.2, -0.15) is 0 Å². The van der Waals surface area contributed by atoms with Gasteiger partial charge in [0, 0.05) is 13.0 Å². The monoisotopic (exact) mass is 534 g/mol. The molecule has 0 bridgehead atoms. The molecule has 4 rings (SSSR count). The normalized spacial score (nSPS) is 11.9. The van der Waals surface area contributed by atoms with E-state index < -0.39 is 12.1 Å². The van der Waals surface area contributed by atoms with Gasteiger partial charge in [-0.15, -0.1) is 0 Å². The highest BCUT2D eigenvalue weighted by Gasteiger charge is 2.17. The first-order valence-corrected chi connectivity index (χ1v) is 14.0. The largest absolute Gasteiger partial charge is 0.490 e. The second-order valence-corrected chi connectivity index (χ2v) is 9.90. The number of carboxylic acids is 1. The van der Waals surface area contributed by atoms with Crippen LogP contribution < -0.4 is 4.74 Å². The van der Waals surface area contributed by atoms with E-state index in [1.807, 2.05) is 30.3 Å². The lowest BCUT2D eigenvalue weighted by Crippen LogP contribution is -2.26. The predicted molar refractivity (Wildman–Crippen MR) is 162 cm³/mol. The molecule has 0 saturated carbocycles. The molecule has 0 spiro atoms. The molecule has 4 aromatic rings. The predicted octanol–water partition coefficient (Wildman–Crippen LogP) is 7.38. The minimum absolute atomic E-state index is 0.330. The highest BCUT2D eigenvalue weighted by atomic mass is 16.5. The summed E-state index contributed by atoms with van der Waals surface area (Å²) in [5.74, 6) is -0.198. The summed E-state index contributed by atoms with van der Waals surface area (Å²) in [6, 6.07) is 35.7. The molecule has 40 heavy (non-hydrogen) atoms. The molecule has 0 heterocycles. The van der Waals surface area contributed by atoms with Crippen molar-refractivity contribution in [1.82, 2.24) is 0 Å². The fourth-order valence-corrected chi connectivity index (χ4v) is 4.73. The van der Waals surface area contributed by atoms with E-state index in [-0.39, 0.29) is 0 Å². The van der Waals surface area contributed by atoms with E-state index in [4.69, 9.17) is 9.47 Å². The van der Waals surface area contributed by atoms with Gasteiger partial charge >= 0.3 is 5.97 Å². The smallest absolute Gasteiger partial charge is 0.333 e. The summed E-state index contributed by atoms with van der Waals surface area (Å²) < 4.78 is 11.2. The Morgan fingerprint density at radius 2 is 1.27 bits per heavy atom. The van der Waals surface area contributed by atoms with Crippen LogP contribution in [0.1, 0.15) is 40.3 Å². The second-order valence-electron chi connectivity index (χ2n) is 9.90. The van der Waals surface area contributed by atoms with Crippen molar-refractivity contribution < 1.29 is 19.4 Å². The molecule has 0 aliphatic rings. The van der Waals surface area contributed by atoms with Crippen molar-refractivity contribution in [3.63, 3.8) is 0 Å². The topological polar surface area (TPSA) is 55.8 Å². The van der Waals surface area contributed by atoms with Crippen molar-refractivity contribution in [3.8, 4) is 5.75 Å². The van der Waals surface area contributed by atoms with Crippen LogP contribution in [0.2, 0.25) is 0 Å². The molecular formula is C36H38O4. The maximum atomic E-state index is 11.3. The Balaban J connectivity index is 1.37. The Labute approximate surface area is 237 Å². The molecule has 0 radical (unpaired) electrons. The SMILES string of the molecule is CCO[C@@H](Cc1ccc(OC/C=C/c2cc(CCc3ccccc3)cc(CCc3ccccc3)c2)cc1)C(=O)O. The Morgan fingerprint density at radius 1 is 0.725 bits per heavy atom. The summed E-state index contributed by atoms with van der Waals surface area (Å²) in [5, 5.41) is 9.30. The molecule has 1 N–H and O–H groups in total. The van der Waals surface area contributed by atoms with Gasteiger partial charge in [0.2, 0.25) is 0 Å².